The summed E-state index contributed by atoms with van der Waals surface area (Å²) in [5.41, 5.74) is 1.87. The smallest absolute Gasteiger partial charge is 0.262 e. The van der Waals surface area contributed by atoms with Crippen molar-refractivity contribution in [2.75, 3.05) is 0 Å². The second-order valence-corrected chi connectivity index (χ2v) is 5.45. The Morgan fingerprint density at radius 1 is 1.40 bits per heavy atom. The van der Waals surface area contributed by atoms with Gasteiger partial charge in [0.25, 0.3) is 5.91 Å². The minimum absolute atomic E-state index is 0.00689. The first-order chi connectivity index (χ1) is 12.2. The molecule has 2 aromatic heterocycles. The maximum Gasteiger partial charge on any atom is 0.262 e. The quantitative estimate of drug-likeness (QED) is 0.574. The molecule has 3 aromatic rings. The maximum atomic E-state index is 12.3. The van der Waals surface area contributed by atoms with E-state index in [1.54, 1.807) is 24.7 Å². The zero-order chi connectivity index (χ0) is 17.6. The molecule has 6 heteroatoms. The number of carbonyl (C=O) groups is 1. The summed E-state index contributed by atoms with van der Waals surface area (Å²) in [5.74, 6) is 0.0147. The number of imidazole rings is 1. The average molecular weight is 332 g/mol. The number of aromatic nitrogens is 2. The van der Waals surface area contributed by atoms with Crippen LogP contribution in [0.3, 0.4) is 0 Å². The number of benzene rings is 1. The number of hydrogen-bond acceptors (Lipinski definition) is 4. The number of hydrogen-bond donors (Lipinski definition) is 1. The minimum atomic E-state index is -0.445. The van der Waals surface area contributed by atoms with Gasteiger partial charge in [0, 0.05) is 24.2 Å². The van der Waals surface area contributed by atoms with E-state index in [0.717, 1.165) is 11.3 Å². The Hall–Kier alpha value is -3.59. The molecule has 0 unspecified atom stereocenters. The summed E-state index contributed by atoms with van der Waals surface area (Å²) in [4.78, 5) is 16.4. The maximum absolute atomic E-state index is 12.3. The van der Waals surface area contributed by atoms with Crippen molar-refractivity contribution in [3.8, 4) is 11.8 Å². The molecule has 0 spiro atoms. The largest absolute Gasteiger partial charge is 0.465 e. The first-order valence-electron chi connectivity index (χ1n) is 7.72. The van der Waals surface area contributed by atoms with Crippen LogP contribution < -0.4 is 5.32 Å². The van der Waals surface area contributed by atoms with E-state index in [0.29, 0.717) is 5.76 Å². The lowest BCUT2D eigenvalue weighted by molar-refractivity contribution is -0.117. The minimum Gasteiger partial charge on any atom is -0.465 e. The standard InChI is InChI=1S/C19H16N4O2/c1-14(15-4-2-5-17(10-15)23-8-7-21-13-23)22-19(24)16(12-20)11-18-6-3-9-25-18/h2-11,13-14H,1H3,(H,22,24)/b16-11-/t14-/m0/s1. The fourth-order valence-electron chi connectivity index (χ4n) is 2.39. The topological polar surface area (TPSA) is 83.9 Å². The van der Waals surface area contributed by atoms with E-state index >= 15 is 0 Å². The van der Waals surface area contributed by atoms with Crippen LogP contribution in [0.4, 0.5) is 0 Å². The lowest BCUT2D eigenvalue weighted by Gasteiger charge is -2.15. The molecular weight excluding hydrogens is 316 g/mol. The van der Waals surface area contributed by atoms with Gasteiger partial charge in [-0.15, -0.1) is 0 Å². The van der Waals surface area contributed by atoms with Crippen LogP contribution in [0.15, 0.2) is 71.4 Å². The molecule has 2 heterocycles. The van der Waals surface area contributed by atoms with Gasteiger partial charge in [-0.25, -0.2) is 4.98 Å². The molecule has 0 aliphatic carbocycles. The third-order valence-corrected chi connectivity index (χ3v) is 3.72. The van der Waals surface area contributed by atoms with Gasteiger partial charge in [-0.1, -0.05) is 12.1 Å². The molecule has 1 N–H and O–H groups in total. The highest BCUT2D eigenvalue weighted by molar-refractivity contribution is 6.01. The molecular formula is C19H16N4O2. The summed E-state index contributed by atoms with van der Waals surface area (Å²) in [6.45, 7) is 1.87. The Balaban J connectivity index is 1.75. The van der Waals surface area contributed by atoms with E-state index in [1.807, 2.05) is 48.0 Å². The second-order valence-electron chi connectivity index (χ2n) is 5.45. The Morgan fingerprint density at radius 3 is 2.96 bits per heavy atom. The number of nitrogens with one attached hydrogen (secondary N) is 1. The highest BCUT2D eigenvalue weighted by Gasteiger charge is 2.14. The molecule has 1 aromatic carbocycles. The van der Waals surface area contributed by atoms with E-state index < -0.39 is 5.91 Å². The van der Waals surface area contributed by atoms with Crippen LogP contribution in [-0.4, -0.2) is 15.5 Å². The number of carbonyl (C=O) groups excluding carboxylic acids is 1. The van der Waals surface area contributed by atoms with Crippen molar-refractivity contribution in [1.29, 1.82) is 5.26 Å². The zero-order valence-corrected chi connectivity index (χ0v) is 13.6. The normalized spacial score (nSPS) is 12.4. The third-order valence-electron chi connectivity index (χ3n) is 3.72. The van der Waals surface area contributed by atoms with E-state index in [9.17, 15) is 10.1 Å². The molecule has 0 aliphatic heterocycles. The van der Waals surface area contributed by atoms with Crippen molar-refractivity contribution >= 4 is 12.0 Å². The first-order valence-corrected chi connectivity index (χ1v) is 7.72. The third kappa shape index (κ3) is 3.85. The van der Waals surface area contributed by atoms with E-state index in [-0.39, 0.29) is 11.6 Å². The average Bonchev–Trinajstić information content (AvgIpc) is 3.33. The van der Waals surface area contributed by atoms with Gasteiger partial charge in [0.2, 0.25) is 0 Å². The van der Waals surface area contributed by atoms with Gasteiger partial charge >= 0.3 is 0 Å². The van der Waals surface area contributed by atoms with Gasteiger partial charge < -0.3 is 14.3 Å². The monoisotopic (exact) mass is 332 g/mol. The molecule has 3 rings (SSSR count). The van der Waals surface area contributed by atoms with Gasteiger partial charge in [0.15, 0.2) is 0 Å². The SMILES string of the molecule is C[C@H](NC(=O)/C(C#N)=C\c1ccco1)c1cccc(-n2ccnc2)c1. The molecule has 6 nitrogen and oxygen atoms in total. The van der Waals surface area contributed by atoms with Crippen LogP contribution in [-0.2, 0) is 4.79 Å². The lowest BCUT2D eigenvalue weighted by atomic mass is 10.1. The molecule has 1 atom stereocenters. The number of nitrogens with zero attached hydrogens (tertiary/aromatic N) is 3. The van der Waals surface area contributed by atoms with Crippen LogP contribution >= 0.6 is 0 Å². The summed E-state index contributed by atoms with van der Waals surface area (Å²) in [6.07, 6.45) is 8.17. The summed E-state index contributed by atoms with van der Waals surface area (Å²) < 4.78 is 7.03. The molecule has 0 saturated heterocycles. The highest BCUT2D eigenvalue weighted by atomic mass is 16.3. The fourth-order valence-corrected chi connectivity index (χ4v) is 2.39. The Labute approximate surface area is 145 Å². The molecule has 124 valence electrons. The zero-order valence-electron chi connectivity index (χ0n) is 13.6. The van der Waals surface area contributed by atoms with Crippen LogP contribution in [0.1, 0.15) is 24.3 Å². The fraction of sp³-hybridized carbons (Fsp3) is 0.105. The van der Waals surface area contributed by atoms with Crippen molar-refractivity contribution in [3.05, 3.63) is 78.3 Å². The second kappa shape index (κ2) is 7.32. The number of furan rings is 1. The highest BCUT2D eigenvalue weighted by Crippen LogP contribution is 2.17. The van der Waals surface area contributed by atoms with Crippen molar-refractivity contribution < 1.29 is 9.21 Å². The van der Waals surface area contributed by atoms with Crippen LogP contribution in [0.5, 0.6) is 0 Å². The molecule has 0 radical (unpaired) electrons. The molecule has 0 fully saturated rings. The van der Waals surface area contributed by atoms with Crippen LogP contribution in [0.2, 0.25) is 0 Å². The van der Waals surface area contributed by atoms with Crippen LogP contribution in [0, 0.1) is 11.3 Å². The van der Waals surface area contributed by atoms with Crippen molar-refractivity contribution in [2.45, 2.75) is 13.0 Å². The van der Waals surface area contributed by atoms with E-state index in [2.05, 4.69) is 10.3 Å². The molecule has 1 amide bonds. The molecule has 25 heavy (non-hydrogen) atoms. The Morgan fingerprint density at radius 2 is 2.28 bits per heavy atom. The predicted octanol–water partition coefficient (Wildman–Crippen LogP) is 3.25. The van der Waals surface area contributed by atoms with Gasteiger partial charge in [0.05, 0.1) is 18.6 Å². The molecule has 0 saturated carbocycles. The first kappa shape index (κ1) is 16.3. The van der Waals surface area contributed by atoms with E-state index in [4.69, 9.17) is 4.42 Å². The summed E-state index contributed by atoms with van der Waals surface area (Å²) in [5, 5.41) is 12.1. The Kier molecular flexibility index (Phi) is 4.77. The number of amides is 1. The van der Waals surface area contributed by atoms with Crippen LogP contribution in [0.25, 0.3) is 11.8 Å². The number of nitriles is 1. The molecule has 0 bridgehead atoms. The van der Waals surface area contributed by atoms with Crippen molar-refractivity contribution in [2.24, 2.45) is 0 Å². The van der Waals surface area contributed by atoms with Crippen molar-refractivity contribution in [1.82, 2.24) is 14.9 Å². The van der Waals surface area contributed by atoms with Gasteiger partial charge in [0.1, 0.15) is 17.4 Å². The van der Waals surface area contributed by atoms with Crippen molar-refractivity contribution in [3.63, 3.8) is 0 Å². The molecule has 0 aliphatic rings. The Bertz CT molecular complexity index is 919. The van der Waals surface area contributed by atoms with E-state index in [1.165, 1.54) is 12.3 Å². The van der Waals surface area contributed by atoms with Gasteiger partial charge in [-0.05, 0) is 36.8 Å². The number of rotatable bonds is 5. The van der Waals surface area contributed by atoms with Gasteiger partial charge in [-0.3, -0.25) is 4.79 Å². The summed E-state index contributed by atoms with van der Waals surface area (Å²) >= 11 is 0. The summed E-state index contributed by atoms with van der Waals surface area (Å²) in [6, 6.07) is 12.8. The predicted molar refractivity (Wildman–Crippen MR) is 92.4 cm³/mol. The lowest BCUT2D eigenvalue weighted by Crippen LogP contribution is -2.27. The summed E-state index contributed by atoms with van der Waals surface area (Å²) in [7, 11) is 0. The van der Waals surface area contributed by atoms with Gasteiger partial charge in [-0.2, -0.15) is 5.26 Å².